The molecule has 0 aliphatic carbocycles. The number of hydrogen-bond acceptors (Lipinski definition) is 6. The number of carbonyl (C=O) groups excluding carboxylic acids is 1. The van der Waals surface area contributed by atoms with Gasteiger partial charge in [0.05, 0.1) is 11.3 Å². The van der Waals surface area contributed by atoms with Crippen LogP contribution in [-0.2, 0) is 5.41 Å². The highest BCUT2D eigenvalue weighted by Gasteiger charge is 2.26. The summed E-state index contributed by atoms with van der Waals surface area (Å²) >= 11 is 4.90. The first-order valence-electron chi connectivity index (χ1n) is 9.64. The van der Waals surface area contributed by atoms with Crippen LogP contribution in [0.25, 0.3) is 0 Å². The second-order valence-electron chi connectivity index (χ2n) is 7.79. The zero-order valence-corrected chi connectivity index (χ0v) is 20.0. The molecule has 0 atom stereocenters. The normalized spacial score (nSPS) is 11.5. The zero-order valence-electron chi connectivity index (χ0n) is 17.6. The van der Waals surface area contributed by atoms with E-state index in [9.17, 15) is 4.79 Å². The van der Waals surface area contributed by atoms with Gasteiger partial charge in [0, 0.05) is 34.6 Å². The molecule has 0 aliphatic heterocycles. The van der Waals surface area contributed by atoms with Gasteiger partial charge in [-0.15, -0.1) is 11.3 Å². The second kappa shape index (κ2) is 9.68. The molecule has 0 saturated heterocycles. The molecule has 30 heavy (non-hydrogen) atoms. The van der Waals surface area contributed by atoms with Gasteiger partial charge in [-0.2, -0.15) is 0 Å². The molecule has 1 amide bonds. The first kappa shape index (κ1) is 22.4. The van der Waals surface area contributed by atoms with Gasteiger partial charge in [-0.3, -0.25) is 10.1 Å². The average molecular weight is 488 g/mol. The number of hydrogen-bond donors (Lipinski definition) is 2. The molecule has 0 spiro atoms. The summed E-state index contributed by atoms with van der Waals surface area (Å²) in [5.41, 5.74) is 2.32. The summed E-state index contributed by atoms with van der Waals surface area (Å²) in [6.45, 7) is 5.96. The Hall–Kier alpha value is -2.29. The van der Waals surface area contributed by atoms with E-state index in [0.29, 0.717) is 10.7 Å². The Balaban J connectivity index is 1.64. The fourth-order valence-corrected chi connectivity index (χ4v) is 3.98. The van der Waals surface area contributed by atoms with Gasteiger partial charge >= 0.3 is 0 Å². The lowest BCUT2D eigenvalue weighted by Crippen LogP contribution is -2.21. The molecule has 0 aliphatic rings. The van der Waals surface area contributed by atoms with Crippen molar-refractivity contribution in [2.45, 2.75) is 19.3 Å². The molecular formula is C22H26BrN5OS. The van der Waals surface area contributed by atoms with Gasteiger partial charge in [-0.1, -0.05) is 41.9 Å². The van der Waals surface area contributed by atoms with E-state index in [1.807, 2.05) is 37.7 Å². The third kappa shape index (κ3) is 5.65. The van der Waals surface area contributed by atoms with Crippen molar-refractivity contribution in [3.05, 3.63) is 69.3 Å². The van der Waals surface area contributed by atoms with Crippen LogP contribution >= 0.6 is 27.3 Å². The Morgan fingerprint density at radius 2 is 1.90 bits per heavy atom. The first-order chi connectivity index (χ1) is 14.3. The zero-order chi connectivity index (χ0) is 21.7. The monoisotopic (exact) mass is 487 g/mol. The predicted molar refractivity (Wildman–Crippen MR) is 128 cm³/mol. The summed E-state index contributed by atoms with van der Waals surface area (Å²) in [6, 6.07) is 11.8. The second-order valence-corrected chi connectivity index (χ2v) is 9.56. The number of nitrogens with one attached hydrogen (secondary N) is 2. The minimum absolute atomic E-state index is 0.218. The first-order valence-corrected chi connectivity index (χ1v) is 11.3. The Bertz CT molecular complexity index is 984. The summed E-state index contributed by atoms with van der Waals surface area (Å²) in [6.07, 6.45) is 1.58. The van der Waals surface area contributed by atoms with Crippen molar-refractivity contribution in [2.24, 2.45) is 0 Å². The highest BCUT2D eigenvalue weighted by molar-refractivity contribution is 9.10. The molecular weight excluding hydrogens is 462 g/mol. The van der Waals surface area contributed by atoms with Crippen molar-refractivity contribution in [3.63, 3.8) is 0 Å². The molecule has 2 N–H and O–H groups in total. The van der Waals surface area contributed by atoms with E-state index in [1.54, 1.807) is 12.3 Å². The van der Waals surface area contributed by atoms with Crippen molar-refractivity contribution >= 4 is 44.1 Å². The minimum Gasteiger partial charge on any atom is -0.369 e. The SMILES string of the molecule is CN(C)CCNc1ccc(C(=O)Nc2nc(C(C)(C)c3ccc(Br)cc3)cs2)cn1. The van der Waals surface area contributed by atoms with Gasteiger partial charge in [0.15, 0.2) is 5.13 Å². The molecule has 0 bridgehead atoms. The molecule has 0 fully saturated rings. The van der Waals surface area contributed by atoms with Gasteiger partial charge in [0.1, 0.15) is 5.82 Å². The molecule has 8 heteroatoms. The summed E-state index contributed by atoms with van der Waals surface area (Å²) in [4.78, 5) is 23.6. The molecule has 6 nitrogen and oxygen atoms in total. The lowest BCUT2D eigenvalue weighted by molar-refractivity contribution is 0.102. The van der Waals surface area contributed by atoms with E-state index in [1.165, 1.54) is 11.3 Å². The van der Waals surface area contributed by atoms with Gasteiger partial charge in [0.25, 0.3) is 5.91 Å². The smallest absolute Gasteiger partial charge is 0.259 e. The van der Waals surface area contributed by atoms with E-state index in [4.69, 9.17) is 0 Å². The highest BCUT2D eigenvalue weighted by atomic mass is 79.9. The third-order valence-corrected chi connectivity index (χ3v) is 6.11. The largest absolute Gasteiger partial charge is 0.369 e. The minimum atomic E-state index is -0.262. The van der Waals surface area contributed by atoms with Gasteiger partial charge in [0.2, 0.25) is 0 Å². The molecule has 0 radical (unpaired) electrons. The number of rotatable bonds is 8. The summed E-state index contributed by atoms with van der Waals surface area (Å²) in [5.74, 6) is 0.533. The van der Waals surface area contributed by atoms with Crippen LogP contribution in [0.1, 0.15) is 35.5 Å². The Labute approximate surface area is 189 Å². The van der Waals surface area contributed by atoms with Crippen molar-refractivity contribution < 1.29 is 4.79 Å². The number of anilines is 2. The summed E-state index contributed by atoms with van der Waals surface area (Å²) < 4.78 is 1.04. The maximum Gasteiger partial charge on any atom is 0.259 e. The summed E-state index contributed by atoms with van der Waals surface area (Å²) in [7, 11) is 4.04. The van der Waals surface area contributed by atoms with Crippen molar-refractivity contribution in [1.82, 2.24) is 14.9 Å². The lowest BCUT2D eigenvalue weighted by atomic mass is 9.82. The van der Waals surface area contributed by atoms with Crippen LogP contribution in [0.15, 0.2) is 52.4 Å². The molecule has 2 heterocycles. The average Bonchev–Trinajstić information content (AvgIpc) is 3.18. The molecule has 2 aromatic heterocycles. The van der Waals surface area contributed by atoms with E-state index in [2.05, 4.69) is 67.4 Å². The van der Waals surface area contributed by atoms with Crippen LogP contribution in [-0.4, -0.2) is 48.0 Å². The van der Waals surface area contributed by atoms with Gasteiger partial charge in [-0.25, -0.2) is 9.97 Å². The Morgan fingerprint density at radius 3 is 2.53 bits per heavy atom. The number of aromatic nitrogens is 2. The number of nitrogens with zero attached hydrogens (tertiary/aromatic N) is 3. The fraction of sp³-hybridized carbons (Fsp3) is 0.318. The number of thiazole rings is 1. The number of benzene rings is 1. The van der Waals surface area contributed by atoms with E-state index in [0.717, 1.165) is 34.6 Å². The van der Waals surface area contributed by atoms with Crippen LogP contribution in [0.4, 0.5) is 10.9 Å². The van der Waals surface area contributed by atoms with Crippen molar-refractivity contribution in [3.8, 4) is 0 Å². The molecule has 0 unspecified atom stereocenters. The number of pyridine rings is 1. The Morgan fingerprint density at radius 1 is 1.17 bits per heavy atom. The maximum atomic E-state index is 12.6. The number of likely N-dealkylation sites (N-methyl/N-ethyl adjacent to an activating group) is 1. The van der Waals surface area contributed by atoms with Gasteiger partial charge in [-0.05, 0) is 43.9 Å². The number of halogens is 1. The topological polar surface area (TPSA) is 70.2 Å². The van der Waals surface area contributed by atoms with E-state index >= 15 is 0 Å². The molecule has 3 aromatic rings. The van der Waals surface area contributed by atoms with Gasteiger partial charge < -0.3 is 10.2 Å². The van der Waals surface area contributed by atoms with Crippen LogP contribution in [0.2, 0.25) is 0 Å². The Kier molecular flexibility index (Phi) is 7.23. The maximum absolute atomic E-state index is 12.6. The molecule has 1 aromatic carbocycles. The molecule has 0 saturated carbocycles. The van der Waals surface area contributed by atoms with E-state index < -0.39 is 0 Å². The number of carbonyl (C=O) groups is 1. The van der Waals surface area contributed by atoms with Crippen molar-refractivity contribution in [1.29, 1.82) is 0 Å². The summed E-state index contributed by atoms with van der Waals surface area (Å²) in [5, 5.41) is 8.69. The van der Waals surface area contributed by atoms with Crippen LogP contribution < -0.4 is 10.6 Å². The standard InChI is InChI=1S/C22H26BrN5OS/c1-22(2,16-6-8-17(23)9-7-16)18-14-30-21(26-18)27-20(29)15-5-10-19(25-13-15)24-11-12-28(3)4/h5-10,13-14H,11-12H2,1-4H3,(H,24,25)(H,26,27,29). The predicted octanol–water partition coefficient (Wildman–Crippen LogP) is 4.85. The van der Waals surface area contributed by atoms with Crippen LogP contribution in [0.5, 0.6) is 0 Å². The molecule has 3 rings (SSSR count). The molecule has 158 valence electrons. The fourth-order valence-electron chi connectivity index (χ4n) is 2.84. The van der Waals surface area contributed by atoms with E-state index in [-0.39, 0.29) is 11.3 Å². The highest BCUT2D eigenvalue weighted by Crippen LogP contribution is 2.34. The number of amides is 1. The van der Waals surface area contributed by atoms with Crippen LogP contribution in [0.3, 0.4) is 0 Å². The third-order valence-electron chi connectivity index (χ3n) is 4.82. The lowest BCUT2D eigenvalue weighted by Gasteiger charge is -2.23. The van der Waals surface area contributed by atoms with Crippen molar-refractivity contribution in [2.75, 3.05) is 37.8 Å². The quantitative estimate of drug-likeness (QED) is 0.474. The van der Waals surface area contributed by atoms with Crippen LogP contribution in [0, 0.1) is 0 Å².